The minimum atomic E-state index is 0.132. The van der Waals surface area contributed by atoms with Crippen LogP contribution in [0.2, 0.25) is 0 Å². The average molecular weight is 273 g/mol. The van der Waals surface area contributed by atoms with Crippen LogP contribution < -0.4 is 10.1 Å². The van der Waals surface area contributed by atoms with E-state index in [1.165, 1.54) is 5.57 Å². The predicted octanol–water partition coefficient (Wildman–Crippen LogP) is 4.43. The van der Waals surface area contributed by atoms with Gasteiger partial charge in [-0.15, -0.1) is 0 Å². The van der Waals surface area contributed by atoms with E-state index >= 15 is 0 Å². The van der Waals surface area contributed by atoms with E-state index in [1.54, 1.807) is 6.08 Å². The van der Waals surface area contributed by atoms with E-state index in [-0.39, 0.29) is 5.54 Å². The van der Waals surface area contributed by atoms with Crippen LogP contribution in [-0.2, 0) is 0 Å². The van der Waals surface area contributed by atoms with Crippen LogP contribution in [0, 0.1) is 0 Å². The fourth-order valence-corrected chi connectivity index (χ4v) is 1.76. The Balaban J connectivity index is 2.86. The SMILES string of the molecule is C=CCOc1ccccc1C=C(CC)CNC(C)(C)C. The van der Waals surface area contributed by atoms with Gasteiger partial charge in [0.1, 0.15) is 12.4 Å². The molecule has 0 saturated carbocycles. The first-order chi connectivity index (χ1) is 9.46. The molecule has 1 aromatic carbocycles. The van der Waals surface area contributed by atoms with Gasteiger partial charge in [0.2, 0.25) is 0 Å². The Hall–Kier alpha value is -1.54. The van der Waals surface area contributed by atoms with Crippen LogP contribution >= 0.6 is 0 Å². The lowest BCUT2D eigenvalue weighted by atomic mass is 10.0. The van der Waals surface area contributed by atoms with E-state index < -0.39 is 0 Å². The summed E-state index contributed by atoms with van der Waals surface area (Å²) < 4.78 is 5.69. The van der Waals surface area contributed by atoms with E-state index in [9.17, 15) is 0 Å². The van der Waals surface area contributed by atoms with Gasteiger partial charge in [-0.1, -0.05) is 49.4 Å². The van der Waals surface area contributed by atoms with Crippen LogP contribution in [0.1, 0.15) is 39.7 Å². The smallest absolute Gasteiger partial charge is 0.126 e. The average Bonchev–Trinajstić information content (AvgIpc) is 2.41. The highest BCUT2D eigenvalue weighted by atomic mass is 16.5. The lowest BCUT2D eigenvalue weighted by molar-refractivity contribution is 0.362. The van der Waals surface area contributed by atoms with Crippen molar-refractivity contribution in [2.24, 2.45) is 0 Å². The maximum Gasteiger partial charge on any atom is 0.126 e. The second-order valence-corrected chi connectivity index (χ2v) is 5.90. The monoisotopic (exact) mass is 273 g/mol. The summed E-state index contributed by atoms with van der Waals surface area (Å²) in [5.41, 5.74) is 2.63. The summed E-state index contributed by atoms with van der Waals surface area (Å²) in [4.78, 5) is 0. The Labute approximate surface area is 123 Å². The van der Waals surface area contributed by atoms with Gasteiger partial charge >= 0.3 is 0 Å². The topological polar surface area (TPSA) is 21.3 Å². The fourth-order valence-electron chi connectivity index (χ4n) is 1.76. The number of hydrogen-bond acceptors (Lipinski definition) is 2. The van der Waals surface area contributed by atoms with Gasteiger partial charge in [-0.2, -0.15) is 0 Å². The van der Waals surface area contributed by atoms with Gasteiger partial charge in [-0.25, -0.2) is 0 Å². The van der Waals surface area contributed by atoms with Crippen LogP contribution in [0.25, 0.3) is 6.08 Å². The quantitative estimate of drug-likeness (QED) is 0.742. The maximum absolute atomic E-state index is 5.69. The van der Waals surface area contributed by atoms with Crippen LogP contribution in [0.4, 0.5) is 0 Å². The van der Waals surface area contributed by atoms with Crippen molar-refractivity contribution in [1.82, 2.24) is 5.32 Å². The number of rotatable bonds is 7. The van der Waals surface area contributed by atoms with Gasteiger partial charge in [0.25, 0.3) is 0 Å². The summed E-state index contributed by atoms with van der Waals surface area (Å²) in [7, 11) is 0. The molecule has 2 nitrogen and oxygen atoms in total. The summed E-state index contributed by atoms with van der Waals surface area (Å²) in [6.45, 7) is 13.9. The molecule has 0 unspecified atom stereocenters. The van der Waals surface area contributed by atoms with Gasteiger partial charge in [0.15, 0.2) is 0 Å². The molecule has 0 bridgehead atoms. The molecule has 1 N–H and O–H groups in total. The standard InChI is InChI=1S/C18H27NO/c1-6-12-20-17-11-9-8-10-16(17)13-15(7-2)14-19-18(3,4)5/h6,8-11,13,19H,1,7,12,14H2,2-5H3. The second kappa shape index (κ2) is 7.91. The molecule has 110 valence electrons. The molecular formula is C18H27NO. The van der Waals surface area contributed by atoms with Crippen LogP contribution in [0.3, 0.4) is 0 Å². The van der Waals surface area contributed by atoms with E-state index in [1.807, 2.05) is 18.2 Å². The van der Waals surface area contributed by atoms with Crippen molar-refractivity contribution in [2.75, 3.05) is 13.2 Å². The zero-order valence-corrected chi connectivity index (χ0v) is 13.2. The Bertz CT molecular complexity index is 455. The summed E-state index contributed by atoms with van der Waals surface area (Å²) in [5.74, 6) is 0.911. The van der Waals surface area contributed by atoms with Gasteiger partial charge in [0.05, 0.1) is 0 Å². The summed E-state index contributed by atoms with van der Waals surface area (Å²) in [6, 6.07) is 8.12. The number of nitrogens with one attached hydrogen (secondary N) is 1. The van der Waals surface area contributed by atoms with Gasteiger partial charge < -0.3 is 10.1 Å². The lowest BCUT2D eigenvalue weighted by Crippen LogP contribution is -2.36. The van der Waals surface area contributed by atoms with Crippen LogP contribution in [0.5, 0.6) is 5.75 Å². The molecule has 0 spiro atoms. The molecule has 1 rings (SSSR count). The first-order valence-corrected chi connectivity index (χ1v) is 7.23. The minimum Gasteiger partial charge on any atom is -0.489 e. The highest BCUT2D eigenvalue weighted by Crippen LogP contribution is 2.22. The molecule has 2 heteroatoms. The fraction of sp³-hybridized carbons (Fsp3) is 0.444. The Kier molecular flexibility index (Phi) is 6.53. The molecule has 0 amide bonds. The minimum absolute atomic E-state index is 0.132. The Morgan fingerprint density at radius 1 is 1.30 bits per heavy atom. The third-order valence-corrected chi connectivity index (χ3v) is 2.94. The summed E-state index contributed by atoms with van der Waals surface area (Å²) >= 11 is 0. The summed E-state index contributed by atoms with van der Waals surface area (Å²) in [5, 5.41) is 3.53. The Morgan fingerprint density at radius 2 is 2.00 bits per heavy atom. The first-order valence-electron chi connectivity index (χ1n) is 7.23. The molecule has 0 aliphatic rings. The van der Waals surface area contributed by atoms with Crippen LogP contribution in [0.15, 0.2) is 42.5 Å². The molecule has 0 aliphatic carbocycles. The second-order valence-electron chi connectivity index (χ2n) is 5.90. The molecule has 0 radical (unpaired) electrons. The zero-order valence-electron chi connectivity index (χ0n) is 13.2. The highest BCUT2D eigenvalue weighted by molar-refractivity contribution is 5.60. The summed E-state index contributed by atoms with van der Waals surface area (Å²) in [6.07, 6.45) is 5.01. The normalized spacial score (nSPS) is 12.3. The van der Waals surface area contributed by atoms with Crippen molar-refractivity contribution in [3.63, 3.8) is 0 Å². The molecule has 1 aromatic rings. The molecule has 0 aliphatic heterocycles. The lowest BCUT2D eigenvalue weighted by Gasteiger charge is -2.21. The van der Waals surface area contributed by atoms with Gasteiger partial charge in [-0.05, 0) is 33.3 Å². The van der Waals surface area contributed by atoms with E-state index in [2.05, 4.69) is 51.7 Å². The van der Waals surface area contributed by atoms with Gasteiger partial charge in [-0.3, -0.25) is 0 Å². The van der Waals surface area contributed by atoms with Crippen LogP contribution in [-0.4, -0.2) is 18.7 Å². The first kappa shape index (κ1) is 16.5. The zero-order chi connectivity index (χ0) is 15.0. The van der Waals surface area contributed by atoms with Crippen molar-refractivity contribution in [3.05, 3.63) is 48.1 Å². The third-order valence-electron chi connectivity index (χ3n) is 2.94. The van der Waals surface area contributed by atoms with Crippen molar-refractivity contribution >= 4 is 6.08 Å². The largest absolute Gasteiger partial charge is 0.489 e. The molecule has 0 fully saturated rings. The molecule has 20 heavy (non-hydrogen) atoms. The number of para-hydroxylation sites is 1. The molecule has 0 aromatic heterocycles. The molecule has 0 saturated heterocycles. The number of ether oxygens (including phenoxy) is 1. The van der Waals surface area contributed by atoms with E-state index in [4.69, 9.17) is 4.74 Å². The maximum atomic E-state index is 5.69. The van der Waals surface area contributed by atoms with Crippen molar-refractivity contribution in [3.8, 4) is 5.75 Å². The van der Waals surface area contributed by atoms with E-state index in [0.717, 1.165) is 24.3 Å². The van der Waals surface area contributed by atoms with Crippen molar-refractivity contribution < 1.29 is 4.74 Å². The number of hydrogen-bond donors (Lipinski definition) is 1. The van der Waals surface area contributed by atoms with Crippen molar-refractivity contribution in [1.29, 1.82) is 0 Å². The third kappa shape index (κ3) is 6.07. The van der Waals surface area contributed by atoms with Gasteiger partial charge in [0, 0.05) is 17.6 Å². The molecule has 0 atom stereocenters. The Morgan fingerprint density at radius 3 is 2.60 bits per heavy atom. The number of benzene rings is 1. The van der Waals surface area contributed by atoms with Crippen molar-refractivity contribution in [2.45, 2.75) is 39.7 Å². The highest BCUT2D eigenvalue weighted by Gasteiger charge is 2.09. The molecule has 0 heterocycles. The predicted molar refractivity (Wildman–Crippen MR) is 88.2 cm³/mol. The molecular weight excluding hydrogens is 246 g/mol. The van der Waals surface area contributed by atoms with E-state index in [0.29, 0.717) is 6.61 Å².